The van der Waals surface area contributed by atoms with E-state index in [1.54, 1.807) is 36.3 Å². The summed E-state index contributed by atoms with van der Waals surface area (Å²) in [5.41, 5.74) is 3.89. The van der Waals surface area contributed by atoms with Crippen molar-refractivity contribution in [2.24, 2.45) is 0 Å². The van der Waals surface area contributed by atoms with Crippen LogP contribution < -0.4 is 10.2 Å². The molecule has 2 heterocycles. The summed E-state index contributed by atoms with van der Waals surface area (Å²) in [7, 11) is 1.59. The lowest BCUT2D eigenvalue weighted by Gasteiger charge is -2.25. The molecule has 33 heavy (non-hydrogen) atoms. The zero-order valence-electron chi connectivity index (χ0n) is 18.5. The van der Waals surface area contributed by atoms with Crippen LogP contribution >= 0.6 is 0 Å². The maximum atomic E-state index is 13.7. The van der Waals surface area contributed by atoms with Gasteiger partial charge in [0.05, 0.1) is 24.1 Å². The number of aryl methyl sites for hydroxylation is 2. The lowest BCUT2D eigenvalue weighted by atomic mass is 9.97. The molecule has 1 unspecified atom stereocenters. The summed E-state index contributed by atoms with van der Waals surface area (Å²) in [6.07, 6.45) is 0. The zero-order chi connectivity index (χ0) is 23.3. The highest BCUT2D eigenvalue weighted by Gasteiger charge is 2.42. The molecule has 0 radical (unpaired) electrons. The maximum absolute atomic E-state index is 13.7. The minimum Gasteiger partial charge on any atom is -0.497 e. The Morgan fingerprint density at radius 1 is 0.970 bits per heavy atom. The molecular weight excluding hydrogens is 421 g/mol. The Kier molecular flexibility index (Phi) is 5.01. The first kappa shape index (κ1) is 20.9. The first-order valence-electron chi connectivity index (χ1n) is 10.6. The van der Waals surface area contributed by atoms with Crippen molar-refractivity contribution in [1.29, 1.82) is 0 Å². The van der Waals surface area contributed by atoms with Crippen molar-refractivity contribution >= 4 is 16.9 Å². The number of methoxy groups -OCH3 is 1. The Bertz CT molecular complexity index is 1440. The van der Waals surface area contributed by atoms with Crippen molar-refractivity contribution in [2.75, 3.05) is 7.11 Å². The predicted molar refractivity (Wildman–Crippen MR) is 123 cm³/mol. The molecule has 6 heteroatoms. The van der Waals surface area contributed by atoms with Crippen LogP contribution in [0.5, 0.6) is 5.75 Å². The highest BCUT2D eigenvalue weighted by molar-refractivity contribution is 5.99. The Labute approximate surface area is 190 Å². The van der Waals surface area contributed by atoms with Crippen molar-refractivity contribution in [3.8, 4) is 5.75 Å². The van der Waals surface area contributed by atoms with Crippen molar-refractivity contribution in [3.05, 3.63) is 110 Å². The summed E-state index contributed by atoms with van der Waals surface area (Å²) in [4.78, 5) is 28.7. The summed E-state index contributed by atoms with van der Waals surface area (Å²) in [6.45, 7) is 4.12. The van der Waals surface area contributed by atoms with E-state index in [1.165, 1.54) is 12.1 Å². The van der Waals surface area contributed by atoms with Gasteiger partial charge in [0.1, 0.15) is 17.1 Å². The average Bonchev–Trinajstić information content (AvgIpc) is 3.08. The molecule has 1 aliphatic heterocycles. The molecule has 5 nitrogen and oxygen atoms in total. The van der Waals surface area contributed by atoms with Gasteiger partial charge in [0.25, 0.3) is 5.91 Å². The molecule has 1 aliphatic rings. The van der Waals surface area contributed by atoms with Crippen LogP contribution in [0.1, 0.15) is 44.4 Å². The quantitative estimate of drug-likeness (QED) is 0.429. The first-order chi connectivity index (χ1) is 15.9. The Hall–Kier alpha value is -3.93. The van der Waals surface area contributed by atoms with Crippen molar-refractivity contribution in [2.45, 2.75) is 26.4 Å². The number of nitrogens with zero attached hydrogens (tertiary/aromatic N) is 1. The number of halogens is 1. The monoisotopic (exact) mass is 443 g/mol. The van der Waals surface area contributed by atoms with Gasteiger partial charge in [0.15, 0.2) is 5.43 Å². The van der Waals surface area contributed by atoms with Crippen LogP contribution in [-0.4, -0.2) is 17.9 Å². The standard InChI is InChI=1S/C27H22FNO4/c1-15-12-21-22(13-16(15)2)33-26-23(25(21)30)24(18-6-8-19(28)9-7-18)29(27(26)31)14-17-4-10-20(32-3)11-5-17/h4-13,24H,14H2,1-3H3. The van der Waals surface area contributed by atoms with E-state index < -0.39 is 6.04 Å². The smallest absolute Gasteiger partial charge is 0.291 e. The van der Waals surface area contributed by atoms with Gasteiger partial charge in [0.2, 0.25) is 5.76 Å². The molecule has 1 amide bonds. The second-order valence-corrected chi connectivity index (χ2v) is 8.34. The summed E-state index contributed by atoms with van der Waals surface area (Å²) >= 11 is 0. The Balaban J connectivity index is 1.70. The fourth-order valence-electron chi connectivity index (χ4n) is 4.36. The fourth-order valence-corrected chi connectivity index (χ4v) is 4.36. The minimum absolute atomic E-state index is 0.0404. The van der Waals surface area contributed by atoms with E-state index in [9.17, 15) is 14.0 Å². The summed E-state index contributed by atoms with van der Waals surface area (Å²) in [6, 6.07) is 16.2. The largest absolute Gasteiger partial charge is 0.497 e. The molecule has 0 spiro atoms. The molecule has 1 atom stereocenters. The SMILES string of the molecule is COc1ccc(CN2C(=O)c3oc4cc(C)c(C)cc4c(=O)c3C2c2ccc(F)cc2)cc1. The third-order valence-electron chi connectivity index (χ3n) is 6.28. The van der Waals surface area contributed by atoms with Crippen molar-refractivity contribution < 1.29 is 18.3 Å². The van der Waals surface area contributed by atoms with Gasteiger partial charge in [-0.25, -0.2) is 4.39 Å². The lowest BCUT2D eigenvalue weighted by Crippen LogP contribution is -2.29. The van der Waals surface area contributed by atoms with Gasteiger partial charge in [-0.1, -0.05) is 24.3 Å². The second kappa shape index (κ2) is 7.89. The zero-order valence-corrected chi connectivity index (χ0v) is 18.5. The van der Waals surface area contributed by atoms with Gasteiger partial charge in [-0.05, 0) is 72.5 Å². The number of rotatable bonds is 4. The number of hydrogen-bond donors (Lipinski definition) is 0. The molecule has 0 aliphatic carbocycles. The fraction of sp³-hybridized carbons (Fsp3) is 0.185. The second-order valence-electron chi connectivity index (χ2n) is 8.34. The van der Waals surface area contributed by atoms with Gasteiger partial charge in [-0.15, -0.1) is 0 Å². The van der Waals surface area contributed by atoms with Gasteiger partial charge >= 0.3 is 0 Å². The van der Waals surface area contributed by atoms with Gasteiger partial charge in [-0.2, -0.15) is 0 Å². The summed E-state index contributed by atoms with van der Waals surface area (Å²) in [5.74, 6) is -0.00805. The van der Waals surface area contributed by atoms with Crippen molar-refractivity contribution in [3.63, 3.8) is 0 Å². The number of carbonyl (C=O) groups is 1. The highest BCUT2D eigenvalue weighted by atomic mass is 19.1. The molecule has 4 aromatic rings. The van der Waals surface area contributed by atoms with Crippen LogP contribution in [0.3, 0.4) is 0 Å². The van der Waals surface area contributed by atoms with E-state index in [-0.39, 0.29) is 35.0 Å². The molecule has 5 rings (SSSR count). The minimum atomic E-state index is -0.683. The van der Waals surface area contributed by atoms with Crippen LogP contribution in [0.2, 0.25) is 0 Å². The normalized spacial score (nSPS) is 15.2. The molecule has 0 saturated carbocycles. The third kappa shape index (κ3) is 3.48. The molecule has 166 valence electrons. The number of amides is 1. The van der Waals surface area contributed by atoms with E-state index in [1.807, 2.05) is 38.1 Å². The van der Waals surface area contributed by atoms with Crippen LogP contribution in [0.4, 0.5) is 4.39 Å². The average molecular weight is 443 g/mol. The van der Waals surface area contributed by atoms with Crippen LogP contribution in [0, 0.1) is 19.7 Å². The van der Waals surface area contributed by atoms with E-state index in [4.69, 9.17) is 9.15 Å². The molecule has 0 saturated heterocycles. The number of benzene rings is 3. The highest BCUT2D eigenvalue weighted by Crippen LogP contribution is 2.39. The van der Waals surface area contributed by atoms with Gasteiger partial charge in [-0.3, -0.25) is 9.59 Å². The van der Waals surface area contributed by atoms with Crippen LogP contribution in [0.25, 0.3) is 11.0 Å². The van der Waals surface area contributed by atoms with Crippen LogP contribution in [0.15, 0.2) is 69.9 Å². The van der Waals surface area contributed by atoms with E-state index in [0.29, 0.717) is 22.3 Å². The maximum Gasteiger partial charge on any atom is 0.291 e. The Morgan fingerprint density at radius 2 is 1.64 bits per heavy atom. The van der Waals surface area contributed by atoms with Gasteiger partial charge in [0, 0.05) is 6.54 Å². The molecule has 3 aromatic carbocycles. The topological polar surface area (TPSA) is 59.8 Å². The van der Waals surface area contributed by atoms with Gasteiger partial charge < -0.3 is 14.1 Å². The number of fused-ring (bicyclic) bond motifs is 2. The summed E-state index contributed by atoms with van der Waals surface area (Å²) in [5, 5.41) is 0.433. The van der Waals surface area contributed by atoms with Crippen molar-refractivity contribution in [1.82, 2.24) is 4.90 Å². The van der Waals surface area contributed by atoms with Crippen LogP contribution in [-0.2, 0) is 6.54 Å². The molecule has 0 N–H and O–H groups in total. The molecule has 0 fully saturated rings. The number of hydrogen-bond acceptors (Lipinski definition) is 4. The summed E-state index contributed by atoms with van der Waals surface area (Å²) < 4.78 is 24.9. The predicted octanol–water partition coefficient (Wildman–Crippen LogP) is 5.30. The number of ether oxygens (including phenoxy) is 1. The van der Waals surface area contributed by atoms with E-state index >= 15 is 0 Å². The Morgan fingerprint density at radius 3 is 2.30 bits per heavy atom. The molecule has 0 bridgehead atoms. The third-order valence-corrected chi connectivity index (χ3v) is 6.28. The molecule has 1 aromatic heterocycles. The number of carbonyl (C=O) groups excluding carboxylic acids is 1. The molecular formula is C27H22FNO4. The lowest BCUT2D eigenvalue weighted by molar-refractivity contribution is 0.0714. The van der Waals surface area contributed by atoms with E-state index in [2.05, 4.69) is 0 Å². The van der Waals surface area contributed by atoms with E-state index in [0.717, 1.165) is 16.7 Å². The first-order valence-corrected chi connectivity index (χ1v) is 10.6.